The Labute approximate surface area is 179 Å². The maximum Gasteiger partial charge on any atom is 0.326 e. The lowest BCUT2D eigenvalue weighted by atomic mass is 9.75. The van der Waals surface area contributed by atoms with Gasteiger partial charge in [-0.3, -0.25) is 23.7 Å². The van der Waals surface area contributed by atoms with E-state index >= 15 is 0 Å². The van der Waals surface area contributed by atoms with E-state index in [1.807, 2.05) is 13.0 Å². The Morgan fingerprint density at radius 2 is 2.00 bits per heavy atom. The molecule has 1 aliphatic carbocycles. The van der Waals surface area contributed by atoms with Crippen LogP contribution in [-0.4, -0.2) is 44.3 Å². The molecule has 0 radical (unpaired) electrons. The first-order valence-electron chi connectivity index (χ1n) is 10.6. The van der Waals surface area contributed by atoms with Gasteiger partial charge in [-0.05, 0) is 50.2 Å². The van der Waals surface area contributed by atoms with E-state index in [-0.39, 0.29) is 18.1 Å². The fourth-order valence-corrected chi connectivity index (χ4v) is 4.40. The molecule has 2 aromatic heterocycles. The van der Waals surface area contributed by atoms with Gasteiger partial charge in [0.15, 0.2) is 0 Å². The summed E-state index contributed by atoms with van der Waals surface area (Å²) in [4.78, 5) is 55.1. The number of fused-ring (bicyclic) bond motifs is 1. The monoisotopic (exact) mass is 426 g/mol. The number of aromatic nitrogens is 2. The first-order chi connectivity index (χ1) is 14.8. The van der Waals surface area contributed by atoms with Crippen molar-refractivity contribution >= 4 is 23.6 Å². The summed E-state index contributed by atoms with van der Waals surface area (Å²) >= 11 is 0. The molecule has 2 aliphatic rings. The Morgan fingerprint density at radius 1 is 1.26 bits per heavy atom. The number of amides is 3. The molecule has 9 nitrogen and oxygen atoms in total. The van der Waals surface area contributed by atoms with Crippen molar-refractivity contribution in [1.29, 1.82) is 0 Å². The number of carbonyl (C=O) groups excluding carboxylic acids is 3. The van der Waals surface area contributed by atoms with Crippen molar-refractivity contribution in [2.45, 2.75) is 58.1 Å². The number of nitrogens with zero attached hydrogens (tertiary/aromatic N) is 3. The fourth-order valence-electron chi connectivity index (χ4n) is 4.40. The van der Waals surface area contributed by atoms with Gasteiger partial charge in [0.25, 0.3) is 11.5 Å². The normalized spacial score (nSPS) is 23.4. The van der Waals surface area contributed by atoms with Gasteiger partial charge in [0, 0.05) is 12.3 Å². The van der Waals surface area contributed by atoms with Crippen LogP contribution < -0.4 is 10.9 Å². The third-order valence-corrected chi connectivity index (χ3v) is 6.31. The van der Waals surface area contributed by atoms with Crippen LogP contribution in [-0.2, 0) is 20.9 Å². The van der Waals surface area contributed by atoms with Gasteiger partial charge >= 0.3 is 12.0 Å². The van der Waals surface area contributed by atoms with Crippen LogP contribution in [0.3, 0.4) is 0 Å². The van der Waals surface area contributed by atoms with Crippen LogP contribution in [0.4, 0.5) is 4.79 Å². The molecule has 0 unspecified atom stereocenters. The Bertz CT molecular complexity index is 1100. The molecule has 1 aliphatic heterocycles. The molecule has 0 bridgehead atoms. The van der Waals surface area contributed by atoms with Crippen molar-refractivity contribution in [3.05, 3.63) is 46.0 Å². The Balaban J connectivity index is 1.38. The van der Waals surface area contributed by atoms with Crippen molar-refractivity contribution in [2.75, 3.05) is 6.54 Å². The van der Waals surface area contributed by atoms with E-state index in [4.69, 9.17) is 4.74 Å². The lowest BCUT2D eigenvalue weighted by Crippen LogP contribution is -2.49. The minimum Gasteiger partial charge on any atom is -0.458 e. The van der Waals surface area contributed by atoms with E-state index in [0.717, 1.165) is 29.7 Å². The molecule has 1 saturated carbocycles. The van der Waals surface area contributed by atoms with Crippen molar-refractivity contribution in [3.8, 4) is 0 Å². The number of hydrogen-bond acceptors (Lipinski definition) is 6. The number of urea groups is 1. The highest BCUT2D eigenvalue weighted by Crippen LogP contribution is 2.37. The third-order valence-electron chi connectivity index (χ3n) is 6.31. The van der Waals surface area contributed by atoms with Gasteiger partial charge in [0.1, 0.15) is 24.3 Å². The first kappa shape index (κ1) is 21.0. The lowest BCUT2D eigenvalue weighted by Gasteiger charge is -2.34. The van der Waals surface area contributed by atoms with Crippen molar-refractivity contribution in [2.24, 2.45) is 5.92 Å². The van der Waals surface area contributed by atoms with Crippen LogP contribution in [0.5, 0.6) is 0 Å². The van der Waals surface area contributed by atoms with E-state index in [1.165, 1.54) is 10.5 Å². The number of pyridine rings is 1. The molecule has 2 aromatic rings. The highest BCUT2D eigenvalue weighted by Gasteiger charge is 2.52. The third kappa shape index (κ3) is 4.04. The Kier molecular flexibility index (Phi) is 5.51. The predicted molar refractivity (Wildman–Crippen MR) is 111 cm³/mol. The van der Waals surface area contributed by atoms with Crippen LogP contribution >= 0.6 is 0 Å². The van der Waals surface area contributed by atoms with Gasteiger partial charge in [-0.25, -0.2) is 9.78 Å². The molecule has 2 fully saturated rings. The largest absolute Gasteiger partial charge is 0.458 e. The van der Waals surface area contributed by atoms with E-state index in [9.17, 15) is 19.2 Å². The molecular formula is C22H26N4O5. The smallest absolute Gasteiger partial charge is 0.326 e. The number of carbonyl (C=O) groups is 3. The zero-order chi connectivity index (χ0) is 22.2. The lowest BCUT2D eigenvalue weighted by molar-refractivity contribution is -0.149. The summed E-state index contributed by atoms with van der Waals surface area (Å²) in [6.45, 7) is 3.32. The van der Waals surface area contributed by atoms with E-state index < -0.39 is 24.1 Å². The van der Waals surface area contributed by atoms with Crippen LogP contribution in [0.1, 0.15) is 50.3 Å². The number of esters is 1. The second-order valence-corrected chi connectivity index (χ2v) is 8.44. The van der Waals surface area contributed by atoms with Crippen LogP contribution in [0.15, 0.2) is 29.2 Å². The molecule has 1 spiro atoms. The zero-order valence-corrected chi connectivity index (χ0v) is 17.7. The highest BCUT2D eigenvalue weighted by molar-refractivity contribution is 6.08. The topological polar surface area (TPSA) is 110 Å². The maximum atomic E-state index is 12.9. The van der Waals surface area contributed by atoms with E-state index in [0.29, 0.717) is 30.1 Å². The summed E-state index contributed by atoms with van der Waals surface area (Å²) in [7, 11) is 0. The highest BCUT2D eigenvalue weighted by atomic mass is 16.5. The molecule has 3 heterocycles. The van der Waals surface area contributed by atoms with Crippen LogP contribution in [0.2, 0.25) is 0 Å². The Morgan fingerprint density at radius 3 is 2.71 bits per heavy atom. The number of rotatable bonds is 5. The molecule has 4 rings (SSSR count). The summed E-state index contributed by atoms with van der Waals surface area (Å²) in [5, 5.41) is 2.80. The molecule has 9 heteroatoms. The van der Waals surface area contributed by atoms with Gasteiger partial charge in [0.05, 0.1) is 5.69 Å². The van der Waals surface area contributed by atoms with E-state index in [1.54, 1.807) is 12.3 Å². The summed E-state index contributed by atoms with van der Waals surface area (Å²) in [5.41, 5.74) is 0.496. The number of aryl methyl sites for hydroxylation is 1. The quantitative estimate of drug-likeness (QED) is 0.578. The Hall–Kier alpha value is -3.23. The molecular weight excluding hydrogens is 400 g/mol. The minimum absolute atomic E-state index is 0.217. The second kappa shape index (κ2) is 8.13. The maximum absolute atomic E-state index is 12.9. The zero-order valence-electron chi connectivity index (χ0n) is 17.7. The number of hydrogen-bond donors (Lipinski definition) is 1. The molecule has 31 heavy (non-hydrogen) atoms. The predicted octanol–water partition coefficient (Wildman–Crippen LogP) is 1.94. The van der Waals surface area contributed by atoms with Crippen molar-refractivity contribution in [3.63, 3.8) is 0 Å². The van der Waals surface area contributed by atoms with Gasteiger partial charge in [-0.2, -0.15) is 0 Å². The van der Waals surface area contributed by atoms with Gasteiger partial charge in [0.2, 0.25) is 0 Å². The summed E-state index contributed by atoms with van der Waals surface area (Å²) in [5.74, 6) is -0.521. The minimum atomic E-state index is -0.893. The van der Waals surface area contributed by atoms with Crippen molar-refractivity contribution < 1.29 is 19.1 Å². The second-order valence-electron chi connectivity index (χ2n) is 8.44. The number of imide groups is 1. The number of ether oxygens (including phenoxy) is 1. The average Bonchev–Trinajstić information content (AvgIpc) is 2.97. The van der Waals surface area contributed by atoms with E-state index in [2.05, 4.69) is 17.2 Å². The molecule has 3 amide bonds. The summed E-state index contributed by atoms with van der Waals surface area (Å²) < 4.78 is 6.62. The van der Waals surface area contributed by atoms with Gasteiger partial charge in [-0.1, -0.05) is 19.4 Å². The SMILES string of the molecule is CCC1CCC2(CC1)NC(=O)N(CC(=O)OCc1cc(=O)n3cc(C)ccc3n1)C2=O. The summed E-state index contributed by atoms with van der Waals surface area (Å²) in [6, 6.07) is 4.28. The molecule has 164 valence electrons. The van der Waals surface area contributed by atoms with Crippen LogP contribution in [0, 0.1) is 12.8 Å². The summed E-state index contributed by atoms with van der Waals surface area (Å²) in [6.07, 6.45) is 5.67. The first-order valence-corrected chi connectivity index (χ1v) is 10.6. The average molecular weight is 426 g/mol. The van der Waals surface area contributed by atoms with Crippen molar-refractivity contribution in [1.82, 2.24) is 19.6 Å². The molecule has 1 saturated heterocycles. The molecule has 0 aromatic carbocycles. The number of nitrogens with one attached hydrogen (secondary N) is 1. The fraction of sp³-hybridized carbons (Fsp3) is 0.500. The standard InChI is InChI=1S/C22H26N4O5/c1-3-15-6-8-22(9-7-15)20(29)26(21(30)24-22)12-19(28)31-13-16-10-18(27)25-11-14(2)4-5-17(25)23-16/h4-5,10-11,15H,3,6-9,12-13H2,1-2H3,(H,24,30). The van der Waals surface area contributed by atoms with Crippen LogP contribution in [0.25, 0.3) is 5.65 Å². The molecule has 1 N–H and O–H groups in total. The van der Waals surface area contributed by atoms with Gasteiger partial charge < -0.3 is 10.1 Å². The van der Waals surface area contributed by atoms with Gasteiger partial charge in [-0.15, -0.1) is 0 Å². The molecule has 0 atom stereocenters.